The van der Waals surface area contributed by atoms with Gasteiger partial charge in [0.25, 0.3) is 0 Å². The number of hydrogen-bond donors (Lipinski definition) is 1. The van der Waals surface area contributed by atoms with Crippen molar-refractivity contribution in [1.29, 1.82) is 0 Å². The van der Waals surface area contributed by atoms with E-state index in [9.17, 15) is 19.5 Å². The van der Waals surface area contributed by atoms with E-state index in [0.29, 0.717) is 5.56 Å². The lowest BCUT2D eigenvalue weighted by Crippen LogP contribution is -2.42. The lowest BCUT2D eigenvalue weighted by atomic mass is 9.79. The average Bonchev–Trinajstić information content (AvgIpc) is 2.45. The van der Waals surface area contributed by atoms with Crippen molar-refractivity contribution in [2.24, 2.45) is 5.41 Å². The fourth-order valence-electron chi connectivity index (χ4n) is 1.84. The Morgan fingerprint density at radius 3 is 2.30 bits per heavy atom. The van der Waals surface area contributed by atoms with Crippen LogP contribution in [0, 0.1) is 5.41 Å². The van der Waals surface area contributed by atoms with Gasteiger partial charge in [-0.25, -0.2) is 0 Å². The number of aliphatic carboxylic acids is 1. The summed E-state index contributed by atoms with van der Waals surface area (Å²) in [6.07, 6.45) is 2.43. The Morgan fingerprint density at radius 2 is 1.85 bits per heavy atom. The summed E-state index contributed by atoms with van der Waals surface area (Å²) >= 11 is 0. The summed E-state index contributed by atoms with van der Waals surface area (Å²) in [7, 11) is 0. The number of esters is 1. The zero-order valence-corrected chi connectivity index (χ0v) is 11.5. The smallest absolute Gasteiger partial charge is 0.323 e. The first kappa shape index (κ1) is 15.8. The van der Waals surface area contributed by atoms with E-state index >= 15 is 0 Å². The standard InChI is InChI=1S/C14H17NO5/c1-3-14(12(17)18,13(19)20-4-2)9-11(16)10-5-7-15-8-6-10/h5-8H,3-4,9H2,1-2H3,(H,17,18). The van der Waals surface area contributed by atoms with Crippen LogP contribution in [0.5, 0.6) is 0 Å². The number of nitrogens with zero attached hydrogens (tertiary/aromatic N) is 1. The number of ketones is 1. The van der Waals surface area contributed by atoms with Crippen molar-refractivity contribution >= 4 is 17.7 Å². The Hall–Kier alpha value is -2.24. The van der Waals surface area contributed by atoms with E-state index in [1.54, 1.807) is 13.8 Å². The summed E-state index contributed by atoms with van der Waals surface area (Å²) in [5.41, 5.74) is -1.51. The van der Waals surface area contributed by atoms with Crippen molar-refractivity contribution in [2.75, 3.05) is 6.61 Å². The molecule has 0 aromatic carbocycles. The minimum absolute atomic E-state index is 0.0159. The molecule has 1 rings (SSSR count). The van der Waals surface area contributed by atoms with Crippen molar-refractivity contribution in [1.82, 2.24) is 4.98 Å². The summed E-state index contributed by atoms with van der Waals surface area (Å²) in [6, 6.07) is 2.96. The summed E-state index contributed by atoms with van der Waals surface area (Å²) in [6.45, 7) is 3.20. The van der Waals surface area contributed by atoms with Crippen LogP contribution in [-0.4, -0.2) is 34.4 Å². The first-order valence-electron chi connectivity index (χ1n) is 6.31. The summed E-state index contributed by atoms with van der Waals surface area (Å²) < 4.78 is 4.81. The third-order valence-corrected chi connectivity index (χ3v) is 3.14. The molecule has 0 aliphatic carbocycles. The molecule has 1 aromatic rings. The van der Waals surface area contributed by atoms with Gasteiger partial charge < -0.3 is 9.84 Å². The molecule has 0 bridgehead atoms. The topological polar surface area (TPSA) is 93.6 Å². The zero-order chi connectivity index (χ0) is 15.2. The van der Waals surface area contributed by atoms with Crippen LogP contribution >= 0.6 is 0 Å². The van der Waals surface area contributed by atoms with Gasteiger partial charge in [-0.2, -0.15) is 0 Å². The molecule has 1 heterocycles. The van der Waals surface area contributed by atoms with Crippen molar-refractivity contribution in [3.05, 3.63) is 30.1 Å². The van der Waals surface area contributed by atoms with Crippen LogP contribution in [0.1, 0.15) is 37.0 Å². The molecule has 0 amide bonds. The first-order valence-corrected chi connectivity index (χ1v) is 6.31. The second-order valence-corrected chi connectivity index (χ2v) is 4.30. The Balaban J connectivity index is 3.04. The maximum atomic E-state index is 12.1. The maximum Gasteiger partial charge on any atom is 0.323 e. The van der Waals surface area contributed by atoms with Crippen molar-refractivity contribution < 1.29 is 24.2 Å². The number of carbonyl (C=O) groups excluding carboxylic acids is 2. The normalized spacial score (nSPS) is 13.3. The van der Waals surface area contributed by atoms with Gasteiger partial charge in [-0.3, -0.25) is 19.4 Å². The lowest BCUT2D eigenvalue weighted by Gasteiger charge is -2.24. The molecule has 1 unspecified atom stereocenters. The van der Waals surface area contributed by atoms with E-state index in [4.69, 9.17) is 4.74 Å². The average molecular weight is 279 g/mol. The third-order valence-electron chi connectivity index (χ3n) is 3.14. The SMILES string of the molecule is CCOC(=O)C(CC)(CC(=O)c1ccncc1)C(=O)O. The van der Waals surface area contributed by atoms with Crippen molar-refractivity contribution in [3.8, 4) is 0 Å². The van der Waals surface area contributed by atoms with Gasteiger partial charge in [-0.1, -0.05) is 6.92 Å². The zero-order valence-electron chi connectivity index (χ0n) is 11.5. The van der Waals surface area contributed by atoms with Gasteiger partial charge in [-0.05, 0) is 25.5 Å². The first-order chi connectivity index (χ1) is 9.47. The van der Waals surface area contributed by atoms with E-state index in [-0.39, 0.29) is 13.0 Å². The van der Waals surface area contributed by atoms with Crippen LogP contribution in [-0.2, 0) is 14.3 Å². The molecule has 108 valence electrons. The van der Waals surface area contributed by atoms with Gasteiger partial charge in [0, 0.05) is 24.4 Å². The highest BCUT2D eigenvalue weighted by Gasteiger charge is 2.47. The quantitative estimate of drug-likeness (QED) is 0.464. The Labute approximate surface area is 116 Å². The second kappa shape index (κ2) is 6.79. The van der Waals surface area contributed by atoms with Gasteiger partial charge in [0.2, 0.25) is 0 Å². The van der Waals surface area contributed by atoms with Crippen LogP contribution in [0.3, 0.4) is 0 Å². The van der Waals surface area contributed by atoms with Crippen LogP contribution < -0.4 is 0 Å². The highest BCUT2D eigenvalue weighted by Crippen LogP contribution is 2.30. The van der Waals surface area contributed by atoms with E-state index in [2.05, 4.69) is 4.98 Å². The molecule has 6 heteroatoms. The molecule has 0 spiro atoms. The molecule has 0 saturated carbocycles. The molecule has 0 aliphatic rings. The molecule has 0 aliphatic heterocycles. The Kier molecular flexibility index (Phi) is 5.37. The van der Waals surface area contributed by atoms with E-state index in [0.717, 1.165) is 0 Å². The lowest BCUT2D eigenvalue weighted by molar-refractivity contribution is -0.168. The van der Waals surface area contributed by atoms with Gasteiger partial charge in [0.15, 0.2) is 11.2 Å². The second-order valence-electron chi connectivity index (χ2n) is 4.30. The molecule has 0 radical (unpaired) electrons. The molecule has 1 N–H and O–H groups in total. The van der Waals surface area contributed by atoms with Crippen LogP contribution in [0.25, 0.3) is 0 Å². The Morgan fingerprint density at radius 1 is 1.25 bits per heavy atom. The van der Waals surface area contributed by atoms with Gasteiger partial charge in [-0.15, -0.1) is 0 Å². The minimum atomic E-state index is -1.84. The maximum absolute atomic E-state index is 12.1. The largest absolute Gasteiger partial charge is 0.480 e. The van der Waals surface area contributed by atoms with Crippen molar-refractivity contribution in [3.63, 3.8) is 0 Å². The fraction of sp³-hybridized carbons (Fsp3) is 0.429. The number of Topliss-reactive ketones (excluding diaryl/α,β-unsaturated/α-hetero) is 1. The van der Waals surface area contributed by atoms with E-state index < -0.39 is 29.6 Å². The van der Waals surface area contributed by atoms with Crippen molar-refractivity contribution in [2.45, 2.75) is 26.7 Å². The third kappa shape index (κ3) is 3.20. The number of rotatable bonds is 7. The molecule has 6 nitrogen and oxygen atoms in total. The Bertz CT molecular complexity index is 500. The monoisotopic (exact) mass is 279 g/mol. The molecule has 1 aromatic heterocycles. The van der Waals surface area contributed by atoms with E-state index in [1.165, 1.54) is 24.5 Å². The molecular formula is C14H17NO5. The number of hydrogen-bond acceptors (Lipinski definition) is 5. The molecule has 0 saturated heterocycles. The fourth-order valence-corrected chi connectivity index (χ4v) is 1.84. The summed E-state index contributed by atoms with van der Waals surface area (Å²) in [5.74, 6) is -2.65. The van der Waals surface area contributed by atoms with Gasteiger partial charge in [0.05, 0.1) is 6.61 Å². The van der Waals surface area contributed by atoms with Crippen LogP contribution in [0.4, 0.5) is 0 Å². The molecular weight excluding hydrogens is 262 g/mol. The summed E-state index contributed by atoms with van der Waals surface area (Å²) in [5, 5.41) is 9.35. The highest BCUT2D eigenvalue weighted by atomic mass is 16.5. The highest BCUT2D eigenvalue weighted by molar-refractivity contribution is 6.07. The molecule has 1 atom stereocenters. The van der Waals surface area contributed by atoms with Crippen LogP contribution in [0.15, 0.2) is 24.5 Å². The minimum Gasteiger partial charge on any atom is -0.480 e. The number of carboxylic acid groups (broad SMARTS) is 1. The summed E-state index contributed by atoms with van der Waals surface area (Å²) in [4.78, 5) is 39.3. The number of carboxylic acids is 1. The number of pyridine rings is 1. The van der Waals surface area contributed by atoms with Gasteiger partial charge in [0.1, 0.15) is 0 Å². The number of ether oxygens (including phenoxy) is 1. The number of carbonyl (C=O) groups is 3. The van der Waals surface area contributed by atoms with E-state index in [1.807, 2.05) is 0 Å². The molecule has 0 fully saturated rings. The molecule has 20 heavy (non-hydrogen) atoms. The van der Waals surface area contributed by atoms with Crippen LogP contribution in [0.2, 0.25) is 0 Å². The number of aromatic nitrogens is 1. The van der Waals surface area contributed by atoms with Gasteiger partial charge >= 0.3 is 11.9 Å². The predicted molar refractivity (Wildman–Crippen MR) is 70.2 cm³/mol. The predicted octanol–water partition coefficient (Wildman–Crippen LogP) is 1.70.